The Kier molecular flexibility index (Phi) is 3.18. The van der Waals surface area contributed by atoms with E-state index in [1.54, 1.807) is 24.5 Å². The molecule has 0 unspecified atom stereocenters. The van der Waals surface area contributed by atoms with Crippen LogP contribution >= 0.6 is 0 Å². The summed E-state index contributed by atoms with van der Waals surface area (Å²) < 4.78 is 5.10. The maximum Gasteiger partial charge on any atom is 0.273 e. The van der Waals surface area contributed by atoms with Crippen LogP contribution in [0.5, 0.6) is 0 Å². The van der Waals surface area contributed by atoms with Gasteiger partial charge in [0.1, 0.15) is 0 Å². The van der Waals surface area contributed by atoms with Crippen molar-refractivity contribution in [2.24, 2.45) is 0 Å². The number of nitrogens with zero attached hydrogens (tertiary/aromatic N) is 2. The molecule has 2 rings (SSSR count). The second-order valence-electron chi connectivity index (χ2n) is 3.95. The summed E-state index contributed by atoms with van der Waals surface area (Å²) in [6, 6.07) is 5.32. The zero-order valence-corrected chi connectivity index (χ0v) is 9.68. The van der Waals surface area contributed by atoms with Crippen molar-refractivity contribution in [2.75, 3.05) is 0 Å². The fourth-order valence-electron chi connectivity index (χ4n) is 1.36. The van der Waals surface area contributed by atoms with Crippen molar-refractivity contribution >= 4 is 5.91 Å². The standard InChI is InChI=1S/C12H13N3O2/c1-8(2)14-12(16)10-6-11(17-15-10)9-4-3-5-13-7-9/h3-8H,1-2H3,(H,14,16). The van der Waals surface area contributed by atoms with Gasteiger partial charge in [-0.25, -0.2) is 0 Å². The summed E-state index contributed by atoms with van der Waals surface area (Å²) >= 11 is 0. The molecule has 0 saturated heterocycles. The monoisotopic (exact) mass is 231 g/mol. The zero-order valence-electron chi connectivity index (χ0n) is 9.68. The Morgan fingerprint density at radius 1 is 1.47 bits per heavy atom. The van der Waals surface area contributed by atoms with Crippen LogP contribution in [0.3, 0.4) is 0 Å². The van der Waals surface area contributed by atoms with Gasteiger partial charge in [0.05, 0.1) is 0 Å². The molecule has 1 N–H and O–H groups in total. The van der Waals surface area contributed by atoms with Crippen LogP contribution in [0.4, 0.5) is 0 Å². The van der Waals surface area contributed by atoms with Crippen LogP contribution in [-0.2, 0) is 0 Å². The van der Waals surface area contributed by atoms with Gasteiger partial charge >= 0.3 is 0 Å². The third-order valence-electron chi connectivity index (χ3n) is 2.11. The van der Waals surface area contributed by atoms with Gasteiger partial charge in [0.15, 0.2) is 11.5 Å². The average molecular weight is 231 g/mol. The predicted octanol–water partition coefficient (Wildman–Crippen LogP) is 1.87. The van der Waals surface area contributed by atoms with Crippen LogP contribution in [0.1, 0.15) is 24.3 Å². The molecule has 0 aliphatic carbocycles. The summed E-state index contributed by atoms with van der Waals surface area (Å²) in [5, 5.41) is 6.48. The first-order valence-electron chi connectivity index (χ1n) is 5.35. The first kappa shape index (κ1) is 11.3. The van der Waals surface area contributed by atoms with Crippen LogP contribution in [0.2, 0.25) is 0 Å². The maximum atomic E-state index is 11.7. The molecular weight excluding hydrogens is 218 g/mol. The fraction of sp³-hybridized carbons (Fsp3) is 0.250. The van der Waals surface area contributed by atoms with E-state index in [1.165, 1.54) is 0 Å². The zero-order chi connectivity index (χ0) is 12.3. The molecule has 2 aromatic heterocycles. The van der Waals surface area contributed by atoms with Gasteiger partial charge in [-0.15, -0.1) is 0 Å². The quantitative estimate of drug-likeness (QED) is 0.875. The smallest absolute Gasteiger partial charge is 0.273 e. The van der Waals surface area contributed by atoms with Gasteiger partial charge in [0.2, 0.25) is 0 Å². The molecule has 5 heteroatoms. The topological polar surface area (TPSA) is 68.0 Å². The molecule has 5 nitrogen and oxygen atoms in total. The normalized spacial score (nSPS) is 10.5. The second-order valence-corrected chi connectivity index (χ2v) is 3.95. The molecule has 2 heterocycles. The van der Waals surface area contributed by atoms with Gasteiger partial charge in [0, 0.05) is 30.1 Å². The highest BCUT2D eigenvalue weighted by atomic mass is 16.5. The van der Waals surface area contributed by atoms with E-state index in [2.05, 4.69) is 15.5 Å². The highest BCUT2D eigenvalue weighted by Crippen LogP contribution is 2.18. The number of hydrogen-bond donors (Lipinski definition) is 1. The molecule has 0 atom stereocenters. The Labute approximate surface area is 98.8 Å². The lowest BCUT2D eigenvalue weighted by molar-refractivity contribution is 0.0934. The third kappa shape index (κ3) is 2.69. The summed E-state index contributed by atoms with van der Waals surface area (Å²) in [5.74, 6) is 0.297. The number of aromatic nitrogens is 2. The summed E-state index contributed by atoms with van der Waals surface area (Å²) in [6.07, 6.45) is 3.33. The van der Waals surface area contributed by atoms with Crippen LogP contribution in [0.25, 0.3) is 11.3 Å². The van der Waals surface area contributed by atoms with Crippen molar-refractivity contribution in [3.05, 3.63) is 36.3 Å². The third-order valence-corrected chi connectivity index (χ3v) is 2.11. The van der Waals surface area contributed by atoms with Crippen molar-refractivity contribution in [3.8, 4) is 11.3 Å². The Balaban J connectivity index is 2.19. The Morgan fingerprint density at radius 3 is 2.94 bits per heavy atom. The molecule has 2 aromatic rings. The lowest BCUT2D eigenvalue weighted by Gasteiger charge is -2.04. The molecule has 0 saturated carbocycles. The number of pyridine rings is 1. The molecule has 0 radical (unpaired) electrons. The minimum Gasteiger partial charge on any atom is -0.355 e. The number of amides is 1. The first-order valence-corrected chi connectivity index (χ1v) is 5.35. The molecule has 17 heavy (non-hydrogen) atoms. The van der Waals surface area contributed by atoms with Gasteiger partial charge in [-0.3, -0.25) is 9.78 Å². The summed E-state index contributed by atoms with van der Waals surface area (Å²) in [7, 11) is 0. The molecule has 1 amide bonds. The SMILES string of the molecule is CC(C)NC(=O)c1cc(-c2cccnc2)on1. The number of nitrogens with one attached hydrogen (secondary N) is 1. The number of hydrogen-bond acceptors (Lipinski definition) is 4. The van der Waals surface area contributed by atoms with E-state index in [1.807, 2.05) is 19.9 Å². The first-order chi connectivity index (χ1) is 8.16. The highest BCUT2D eigenvalue weighted by molar-refractivity contribution is 5.93. The van der Waals surface area contributed by atoms with Gasteiger partial charge in [-0.1, -0.05) is 5.16 Å². The molecular formula is C12H13N3O2. The Morgan fingerprint density at radius 2 is 2.29 bits per heavy atom. The van der Waals surface area contributed by atoms with Crippen molar-refractivity contribution < 1.29 is 9.32 Å². The minimum atomic E-state index is -0.237. The molecule has 0 bridgehead atoms. The van der Waals surface area contributed by atoms with Crippen LogP contribution in [0, 0.1) is 0 Å². The molecule has 88 valence electrons. The number of carbonyl (C=O) groups is 1. The second kappa shape index (κ2) is 4.78. The van der Waals surface area contributed by atoms with Crippen molar-refractivity contribution in [3.63, 3.8) is 0 Å². The Bertz CT molecular complexity index is 505. The summed E-state index contributed by atoms with van der Waals surface area (Å²) in [6.45, 7) is 3.78. The van der Waals surface area contributed by atoms with E-state index in [-0.39, 0.29) is 17.6 Å². The fourth-order valence-corrected chi connectivity index (χ4v) is 1.36. The highest BCUT2D eigenvalue weighted by Gasteiger charge is 2.14. The van der Waals surface area contributed by atoms with E-state index in [0.717, 1.165) is 5.56 Å². The van der Waals surface area contributed by atoms with Crippen molar-refractivity contribution in [1.82, 2.24) is 15.5 Å². The largest absolute Gasteiger partial charge is 0.355 e. The average Bonchev–Trinajstić information content (AvgIpc) is 2.78. The van der Waals surface area contributed by atoms with Gasteiger partial charge in [-0.2, -0.15) is 0 Å². The van der Waals surface area contributed by atoms with E-state index in [9.17, 15) is 4.79 Å². The van der Waals surface area contributed by atoms with Gasteiger partial charge in [-0.05, 0) is 26.0 Å². The van der Waals surface area contributed by atoms with Crippen LogP contribution in [0.15, 0.2) is 35.1 Å². The molecule has 0 aliphatic rings. The van der Waals surface area contributed by atoms with E-state index >= 15 is 0 Å². The van der Waals surface area contributed by atoms with Crippen molar-refractivity contribution in [2.45, 2.75) is 19.9 Å². The van der Waals surface area contributed by atoms with E-state index in [0.29, 0.717) is 5.76 Å². The molecule has 0 aliphatic heterocycles. The van der Waals surface area contributed by atoms with Crippen LogP contribution in [-0.4, -0.2) is 22.1 Å². The lowest BCUT2D eigenvalue weighted by atomic mass is 10.2. The maximum absolute atomic E-state index is 11.7. The predicted molar refractivity (Wildman–Crippen MR) is 62.3 cm³/mol. The Hall–Kier alpha value is -2.17. The molecule has 0 aromatic carbocycles. The molecule has 0 spiro atoms. The number of rotatable bonds is 3. The van der Waals surface area contributed by atoms with Crippen LogP contribution < -0.4 is 5.32 Å². The summed E-state index contributed by atoms with van der Waals surface area (Å²) in [4.78, 5) is 15.6. The summed E-state index contributed by atoms with van der Waals surface area (Å²) in [5.41, 5.74) is 1.07. The van der Waals surface area contributed by atoms with Crippen molar-refractivity contribution in [1.29, 1.82) is 0 Å². The lowest BCUT2D eigenvalue weighted by Crippen LogP contribution is -2.30. The van der Waals surface area contributed by atoms with Gasteiger partial charge in [0.25, 0.3) is 5.91 Å². The van der Waals surface area contributed by atoms with E-state index < -0.39 is 0 Å². The van der Waals surface area contributed by atoms with Gasteiger partial charge < -0.3 is 9.84 Å². The minimum absolute atomic E-state index is 0.0704. The number of carbonyl (C=O) groups excluding carboxylic acids is 1. The molecule has 0 fully saturated rings. The van der Waals surface area contributed by atoms with E-state index in [4.69, 9.17) is 4.52 Å².